The van der Waals surface area contributed by atoms with Gasteiger partial charge in [-0.25, -0.2) is 0 Å². The molecule has 3 nitrogen and oxygen atoms in total. The van der Waals surface area contributed by atoms with Crippen molar-refractivity contribution in [3.05, 3.63) is 82.7 Å². The lowest BCUT2D eigenvalue weighted by molar-refractivity contribution is -0.137. The normalized spacial score (nSPS) is 13.1. The molecule has 3 aromatic carbocycles. The largest absolute Gasteiger partial charge is 0.416 e. The molecular formula is C33H30F3N3S. The lowest BCUT2D eigenvalue weighted by Crippen LogP contribution is -2.11. The van der Waals surface area contributed by atoms with Crippen LogP contribution in [0.15, 0.2) is 66.0 Å². The Morgan fingerprint density at radius 3 is 2.08 bits per heavy atom. The fourth-order valence-corrected chi connectivity index (χ4v) is 6.10. The van der Waals surface area contributed by atoms with Crippen LogP contribution in [-0.2, 0) is 17.0 Å². The molecule has 0 spiro atoms. The predicted molar refractivity (Wildman–Crippen MR) is 160 cm³/mol. The van der Waals surface area contributed by atoms with E-state index in [-0.39, 0.29) is 10.8 Å². The summed E-state index contributed by atoms with van der Waals surface area (Å²) < 4.78 is 41.1. The van der Waals surface area contributed by atoms with E-state index in [2.05, 4.69) is 87.1 Å². The third kappa shape index (κ3) is 4.46. The number of rotatable bonds is 2. The second-order valence-corrected chi connectivity index (χ2v) is 13.4. The van der Waals surface area contributed by atoms with Crippen LogP contribution >= 0.6 is 11.3 Å². The number of aromatic nitrogens is 3. The summed E-state index contributed by atoms with van der Waals surface area (Å²) in [4.78, 5) is 3.64. The Morgan fingerprint density at radius 1 is 0.675 bits per heavy atom. The predicted octanol–water partition coefficient (Wildman–Crippen LogP) is 10.3. The zero-order chi connectivity index (χ0) is 28.6. The number of halogens is 3. The molecule has 204 valence electrons. The second kappa shape index (κ2) is 8.90. The number of benzene rings is 3. The van der Waals surface area contributed by atoms with Gasteiger partial charge in [-0.05, 0) is 69.8 Å². The maximum absolute atomic E-state index is 13.4. The first-order valence-corrected chi connectivity index (χ1v) is 14.1. The van der Waals surface area contributed by atoms with Crippen LogP contribution in [0.4, 0.5) is 13.2 Å². The van der Waals surface area contributed by atoms with Crippen LogP contribution in [0, 0.1) is 0 Å². The third-order valence-electron chi connectivity index (χ3n) is 7.54. The van der Waals surface area contributed by atoms with Gasteiger partial charge in [-0.3, -0.25) is 0 Å². The lowest BCUT2D eigenvalue weighted by Gasteiger charge is -2.21. The molecule has 3 aromatic heterocycles. The second-order valence-electron chi connectivity index (χ2n) is 12.5. The molecule has 0 unspecified atom stereocenters. The van der Waals surface area contributed by atoms with Gasteiger partial charge in [0.15, 0.2) is 0 Å². The topological polar surface area (TPSA) is 41.6 Å². The van der Waals surface area contributed by atoms with E-state index in [0.717, 1.165) is 49.6 Å². The van der Waals surface area contributed by atoms with Gasteiger partial charge in [-0.1, -0.05) is 59.7 Å². The monoisotopic (exact) mass is 557 g/mol. The van der Waals surface area contributed by atoms with Gasteiger partial charge in [-0.2, -0.15) is 13.2 Å². The van der Waals surface area contributed by atoms with E-state index in [1.54, 1.807) is 6.07 Å². The Balaban J connectivity index is 1.62. The third-order valence-corrected chi connectivity index (χ3v) is 8.46. The van der Waals surface area contributed by atoms with Gasteiger partial charge in [0, 0.05) is 32.8 Å². The van der Waals surface area contributed by atoms with Crippen LogP contribution in [0.25, 0.3) is 54.4 Å². The maximum Gasteiger partial charge on any atom is 0.416 e. The fraction of sp³-hybridized carbons (Fsp3) is 0.273. The molecule has 0 saturated carbocycles. The summed E-state index contributed by atoms with van der Waals surface area (Å²) in [6.07, 6.45) is -4.43. The first kappa shape index (κ1) is 26.5. The van der Waals surface area contributed by atoms with Gasteiger partial charge >= 0.3 is 6.18 Å². The minimum atomic E-state index is -4.43. The highest BCUT2D eigenvalue weighted by molar-refractivity contribution is 7.17. The van der Waals surface area contributed by atoms with Gasteiger partial charge in [0.2, 0.25) is 0 Å². The van der Waals surface area contributed by atoms with Crippen molar-refractivity contribution in [3.63, 3.8) is 0 Å². The minimum Gasteiger partial charge on any atom is -0.354 e. The molecule has 0 amide bonds. The Labute approximate surface area is 235 Å². The summed E-state index contributed by atoms with van der Waals surface area (Å²) in [7, 11) is 0. The number of hydrogen-bond donors (Lipinski definition) is 1. The fourth-order valence-electron chi connectivity index (χ4n) is 5.20. The summed E-state index contributed by atoms with van der Waals surface area (Å²) in [5.41, 5.74) is 6.14. The molecule has 0 bridgehead atoms. The molecule has 7 heteroatoms. The van der Waals surface area contributed by atoms with Gasteiger partial charge < -0.3 is 4.98 Å². The minimum absolute atomic E-state index is 0.00974. The molecule has 40 heavy (non-hydrogen) atoms. The highest BCUT2D eigenvalue weighted by Gasteiger charge is 2.31. The van der Waals surface area contributed by atoms with Gasteiger partial charge in [0.1, 0.15) is 11.4 Å². The van der Waals surface area contributed by atoms with E-state index in [9.17, 15) is 13.2 Å². The first-order chi connectivity index (χ1) is 18.7. The number of alkyl halides is 3. The molecule has 0 saturated heterocycles. The van der Waals surface area contributed by atoms with Gasteiger partial charge in [0.05, 0.1) is 15.8 Å². The summed E-state index contributed by atoms with van der Waals surface area (Å²) in [5, 5.41) is 14.3. The number of aromatic amines is 1. The van der Waals surface area contributed by atoms with Crippen LogP contribution in [0.5, 0.6) is 0 Å². The molecule has 0 aliphatic rings. The SMILES string of the molecule is CC(C)(C)c1ccc2[nH]c3c(-c4nnc(-c5cccc(C(F)(F)F)c5)c5sccc45)cc(C(C)(C)C)cc3c2c1. The Kier molecular flexibility index (Phi) is 5.90. The maximum atomic E-state index is 13.4. The summed E-state index contributed by atoms with van der Waals surface area (Å²) in [5.74, 6) is 0. The number of hydrogen-bond acceptors (Lipinski definition) is 3. The van der Waals surface area contributed by atoms with Crippen molar-refractivity contribution in [2.24, 2.45) is 0 Å². The zero-order valence-corrected chi connectivity index (χ0v) is 24.1. The van der Waals surface area contributed by atoms with E-state index in [0.29, 0.717) is 17.0 Å². The number of nitrogens with zero attached hydrogens (tertiary/aromatic N) is 2. The van der Waals surface area contributed by atoms with Crippen molar-refractivity contribution in [2.75, 3.05) is 0 Å². The van der Waals surface area contributed by atoms with E-state index in [1.165, 1.54) is 28.5 Å². The zero-order valence-electron chi connectivity index (χ0n) is 23.3. The smallest absolute Gasteiger partial charge is 0.354 e. The average Bonchev–Trinajstić information content (AvgIpc) is 3.51. The van der Waals surface area contributed by atoms with Crippen molar-refractivity contribution in [3.8, 4) is 22.5 Å². The number of nitrogens with one attached hydrogen (secondary N) is 1. The Bertz CT molecular complexity index is 1910. The van der Waals surface area contributed by atoms with Gasteiger partial charge in [-0.15, -0.1) is 21.5 Å². The molecule has 0 aliphatic carbocycles. The summed E-state index contributed by atoms with van der Waals surface area (Å²) in [6.45, 7) is 13.2. The van der Waals surface area contributed by atoms with E-state index < -0.39 is 11.7 Å². The molecule has 0 fully saturated rings. The Morgan fingerprint density at radius 2 is 1.38 bits per heavy atom. The van der Waals surface area contributed by atoms with Crippen molar-refractivity contribution in [1.29, 1.82) is 0 Å². The Hall–Kier alpha value is -3.71. The lowest BCUT2D eigenvalue weighted by atomic mass is 9.83. The molecule has 6 rings (SSSR count). The van der Waals surface area contributed by atoms with Crippen molar-refractivity contribution in [2.45, 2.75) is 58.5 Å². The molecule has 6 aromatic rings. The van der Waals surface area contributed by atoms with Crippen molar-refractivity contribution >= 4 is 43.2 Å². The first-order valence-electron chi connectivity index (χ1n) is 13.2. The number of fused-ring (bicyclic) bond motifs is 4. The standard InChI is InChI=1S/C33H30F3N3S/c1-31(2,3)19-10-11-26-23(15-19)24-16-21(32(4,5)6)17-25(28(24)37-26)29-22-12-13-40-30(22)27(38-39-29)18-8-7-9-20(14-18)33(34,35)36/h7-17,37H,1-6H3. The van der Waals surface area contributed by atoms with Crippen LogP contribution in [0.1, 0.15) is 58.2 Å². The quantitative estimate of drug-likeness (QED) is 0.230. The number of H-pyrrole nitrogens is 1. The highest BCUT2D eigenvalue weighted by Crippen LogP contribution is 2.43. The van der Waals surface area contributed by atoms with E-state index in [1.807, 2.05) is 11.4 Å². The van der Waals surface area contributed by atoms with E-state index >= 15 is 0 Å². The molecule has 0 radical (unpaired) electrons. The van der Waals surface area contributed by atoms with Crippen LogP contribution in [-0.4, -0.2) is 15.2 Å². The molecule has 0 aliphatic heterocycles. The molecule has 0 atom stereocenters. The van der Waals surface area contributed by atoms with Gasteiger partial charge in [0.25, 0.3) is 0 Å². The molecular weight excluding hydrogens is 527 g/mol. The summed E-state index contributed by atoms with van der Waals surface area (Å²) >= 11 is 1.46. The van der Waals surface area contributed by atoms with Crippen LogP contribution in [0.3, 0.4) is 0 Å². The van der Waals surface area contributed by atoms with Crippen LogP contribution < -0.4 is 0 Å². The van der Waals surface area contributed by atoms with Crippen molar-refractivity contribution in [1.82, 2.24) is 15.2 Å². The molecule has 3 heterocycles. The summed E-state index contributed by atoms with van der Waals surface area (Å²) in [6, 6.07) is 18.3. The highest BCUT2D eigenvalue weighted by atomic mass is 32.1. The number of thiophene rings is 1. The van der Waals surface area contributed by atoms with E-state index in [4.69, 9.17) is 0 Å². The van der Waals surface area contributed by atoms with Crippen molar-refractivity contribution < 1.29 is 13.2 Å². The van der Waals surface area contributed by atoms with Crippen LogP contribution in [0.2, 0.25) is 0 Å². The molecule has 1 N–H and O–H groups in total. The average molecular weight is 558 g/mol.